The fourth-order valence-corrected chi connectivity index (χ4v) is 6.90. The molecule has 218 valence electrons. The first-order valence-corrected chi connectivity index (χ1v) is 14.9. The number of ether oxygens (including phenoxy) is 1. The highest BCUT2D eigenvalue weighted by atomic mass is 35.5. The summed E-state index contributed by atoms with van der Waals surface area (Å²) < 4.78 is 9.80. The first-order valence-electron chi connectivity index (χ1n) is 14.5. The van der Waals surface area contributed by atoms with Gasteiger partial charge in [-0.3, -0.25) is 24.3 Å². The minimum absolute atomic E-state index is 0.0856. The van der Waals surface area contributed by atoms with Crippen molar-refractivity contribution in [3.63, 3.8) is 0 Å². The predicted octanol–water partition coefficient (Wildman–Crippen LogP) is 2.72. The molecule has 0 radical (unpaired) electrons. The van der Waals surface area contributed by atoms with Crippen molar-refractivity contribution in [2.24, 2.45) is 13.0 Å². The van der Waals surface area contributed by atoms with Crippen molar-refractivity contribution >= 4 is 11.6 Å². The van der Waals surface area contributed by atoms with Gasteiger partial charge in [0.2, 0.25) is 5.43 Å². The second-order valence-corrected chi connectivity index (χ2v) is 12.1. The zero-order valence-electron chi connectivity index (χ0n) is 23.5. The number of likely N-dealkylation sites (tertiary alicyclic amines) is 1. The third-order valence-electron chi connectivity index (χ3n) is 8.92. The molecule has 2 atom stereocenters. The normalized spacial score (nSPS) is 21.5. The van der Waals surface area contributed by atoms with Crippen molar-refractivity contribution in [1.82, 2.24) is 23.8 Å². The molecule has 0 unspecified atom stereocenters. The smallest absolute Gasteiger partial charge is 0.250 e. The Labute approximate surface area is 245 Å². The average molecular weight is 580 g/mol. The third kappa shape index (κ3) is 6.09. The zero-order chi connectivity index (χ0) is 28.5. The summed E-state index contributed by atoms with van der Waals surface area (Å²) in [6, 6.07) is 14.7. The summed E-state index contributed by atoms with van der Waals surface area (Å²) in [5.41, 5.74) is 2.45. The first kappa shape index (κ1) is 28.0. The highest BCUT2D eigenvalue weighted by molar-refractivity contribution is 6.32. The largest absolute Gasteiger partial charge is 0.503 e. The van der Waals surface area contributed by atoms with E-state index in [1.165, 1.54) is 0 Å². The van der Waals surface area contributed by atoms with Gasteiger partial charge in [0.1, 0.15) is 12.4 Å². The average Bonchev–Trinajstić information content (AvgIpc) is 2.96. The second-order valence-electron chi connectivity index (χ2n) is 11.6. The molecule has 5 heterocycles. The number of fused-ring (bicyclic) bond motifs is 4. The minimum Gasteiger partial charge on any atom is -0.503 e. The summed E-state index contributed by atoms with van der Waals surface area (Å²) in [4.78, 5) is 32.3. The lowest BCUT2D eigenvalue weighted by atomic mass is 9.83. The molecule has 3 aliphatic rings. The van der Waals surface area contributed by atoms with E-state index in [2.05, 4.69) is 20.8 Å². The summed E-state index contributed by atoms with van der Waals surface area (Å²) in [5.74, 6) is 1.28. The maximum atomic E-state index is 12.8. The Balaban J connectivity index is 1.07. The zero-order valence-corrected chi connectivity index (χ0v) is 24.3. The molecule has 0 spiro atoms. The van der Waals surface area contributed by atoms with Crippen LogP contribution in [0.5, 0.6) is 11.5 Å². The highest BCUT2D eigenvalue weighted by Gasteiger charge is 2.34. The van der Waals surface area contributed by atoms with Gasteiger partial charge >= 0.3 is 0 Å². The van der Waals surface area contributed by atoms with E-state index in [0.29, 0.717) is 48.0 Å². The summed E-state index contributed by atoms with van der Waals surface area (Å²) in [6.07, 6.45) is 1.10. The van der Waals surface area contributed by atoms with Gasteiger partial charge < -0.3 is 19.0 Å². The lowest BCUT2D eigenvalue weighted by Crippen LogP contribution is -2.47. The number of halogens is 1. The Bertz CT molecular complexity index is 1510. The second kappa shape index (κ2) is 12.0. The number of piperidine rings is 1. The summed E-state index contributed by atoms with van der Waals surface area (Å²) in [7, 11) is 1.95. The van der Waals surface area contributed by atoms with E-state index in [0.717, 1.165) is 70.2 Å². The van der Waals surface area contributed by atoms with E-state index >= 15 is 0 Å². The molecule has 3 aliphatic heterocycles. The van der Waals surface area contributed by atoms with Crippen LogP contribution in [0, 0.1) is 5.92 Å². The molecule has 0 saturated carbocycles. The number of rotatable bonds is 8. The van der Waals surface area contributed by atoms with E-state index in [1.807, 2.05) is 46.5 Å². The molecular weight excluding hydrogens is 542 g/mol. The lowest BCUT2D eigenvalue weighted by molar-refractivity contribution is 0.107. The number of aromatic nitrogens is 2. The minimum atomic E-state index is -0.322. The highest BCUT2D eigenvalue weighted by Crippen LogP contribution is 2.35. The Morgan fingerprint density at radius 3 is 2.51 bits per heavy atom. The third-order valence-corrected chi connectivity index (χ3v) is 9.23. The van der Waals surface area contributed by atoms with Gasteiger partial charge in [0.15, 0.2) is 5.75 Å². The monoisotopic (exact) mass is 579 g/mol. The van der Waals surface area contributed by atoms with Crippen molar-refractivity contribution in [2.45, 2.75) is 32.0 Å². The molecule has 2 fully saturated rings. The quantitative estimate of drug-likeness (QED) is 0.439. The lowest BCUT2D eigenvalue weighted by Gasteiger charge is -2.43. The molecule has 2 saturated heterocycles. The van der Waals surface area contributed by atoms with Crippen LogP contribution in [0.3, 0.4) is 0 Å². The number of hydrogen-bond donors (Lipinski definition) is 1. The van der Waals surface area contributed by atoms with E-state index < -0.39 is 0 Å². The molecule has 9 nitrogen and oxygen atoms in total. The molecular formula is C31H38ClN5O4. The van der Waals surface area contributed by atoms with Crippen molar-refractivity contribution in [2.75, 3.05) is 52.4 Å². The Morgan fingerprint density at radius 1 is 0.927 bits per heavy atom. The van der Waals surface area contributed by atoms with Crippen LogP contribution in [0.2, 0.25) is 5.02 Å². The van der Waals surface area contributed by atoms with Crippen LogP contribution in [-0.2, 0) is 26.7 Å². The standard InChI is InChI=1S/C31H38ClN5O4/c1-33-24(20-36-17-22-15-23(19-36)26-6-4-8-30(39)37(26)18-22)16-28(38)31(40)27(33)21-35-11-9-34(10-12-35)13-14-41-29-7-3-2-5-25(29)32/h2-8,16,22-23,40H,9-15,17-21H2,1H3/t22-,23+/m0/s1. The molecule has 1 aromatic carbocycles. The number of aromatic hydroxyl groups is 1. The number of pyridine rings is 2. The van der Waals surface area contributed by atoms with E-state index in [-0.39, 0.29) is 16.7 Å². The van der Waals surface area contributed by atoms with Gasteiger partial charge in [0, 0.05) is 102 Å². The maximum Gasteiger partial charge on any atom is 0.250 e. The Kier molecular flexibility index (Phi) is 8.21. The summed E-state index contributed by atoms with van der Waals surface area (Å²) in [5, 5.41) is 11.4. The molecule has 41 heavy (non-hydrogen) atoms. The van der Waals surface area contributed by atoms with Crippen LogP contribution in [0.4, 0.5) is 0 Å². The fourth-order valence-electron chi connectivity index (χ4n) is 6.71. The van der Waals surface area contributed by atoms with Gasteiger partial charge in [-0.25, -0.2) is 0 Å². The van der Waals surface area contributed by atoms with Gasteiger partial charge in [-0.2, -0.15) is 0 Å². The maximum absolute atomic E-state index is 12.8. The SMILES string of the molecule is Cn1c(CN2C[C@@H]3C[C@H](C2)c2cccc(=O)n2C3)cc(=O)c(O)c1CN1CCN(CCOc2ccccc2Cl)CC1. The number of nitrogens with zero attached hydrogens (tertiary/aromatic N) is 5. The fraction of sp³-hybridized carbons (Fsp3) is 0.484. The topological polar surface area (TPSA) is 83.2 Å². The summed E-state index contributed by atoms with van der Waals surface area (Å²) >= 11 is 6.19. The van der Waals surface area contributed by atoms with E-state index in [9.17, 15) is 14.7 Å². The Morgan fingerprint density at radius 2 is 1.71 bits per heavy atom. The number of hydrogen-bond acceptors (Lipinski definition) is 7. The van der Waals surface area contributed by atoms with Crippen LogP contribution >= 0.6 is 11.6 Å². The first-order chi connectivity index (χ1) is 19.9. The molecule has 0 amide bonds. The van der Waals surface area contributed by atoms with Crippen LogP contribution in [0.25, 0.3) is 0 Å². The Hall–Kier alpha value is -3.11. The van der Waals surface area contributed by atoms with Crippen molar-refractivity contribution in [1.29, 1.82) is 0 Å². The molecule has 6 rings (SSSR count). The number of benzene rings is 1. The molecule has 0 aliphatic carbocycles. The van der Waals surface area contributed by atoms with Crippen molar-refractivity contribution < 1.29 is 9.84 Å². The van der Waals surface area contributed by atoms with E-state index in [1.54, 1.807) is 12.1 Å². The molecule has 2 aromatic heterocycles. The number of para-hydroxylation sites is 1. The van der Waals surface area contributed by atoms with Gasteiger partial charge in [-0.1, -0.05) is 29.8 Å². The van der Waals surface area contributed by atoms with Gasteiger partial charge in [-0.05, 0) is 30.5 Å². The molecule has 3 aromatic rings. The van der Waals surface area contributed by atoms with Gasteiger partial charge in [0.25, 0.3) is 5.56 Å². The van der Waals surface area contributed by atoms with Crippen LogP contribution in [-0.4, -0.2) is 81.4 Å². The van der Waals surface area contributed by atoms with Crippen LogP contribution in [0.15, 0.2) is 58.1 Å². The van der Waals surface area contributed by atoms with Crippen LogP contribution < -0.4 is 15.7 Å². The van der Waals surface area contributed by atoms with Gasteiger partial charge in [-0.15, -0.1) is 0 Å². The van der Waals surface area contributed by atoms with E-state index in [4.69, 9.17) is 16.3 Å². The van der Waals surface area contributed by atoms with Crippen molar-refractivity contribution in [3.05, 3.63) is 91.2 Å². The van der Waals surface area contributed by atoms with Crippen molar-refractivity contribution in [3.8, 4) is 11.5 Å². The molecule has 2 bridgehead atoms. The molecule has 1 N–H and O–H groups in total. The van der Waals surface area contributed by atoms with Gasteiger partial charge in [0.05, 0.1) is 10.7 Å². The summed E-state index contributed by atoms with van der Waals surface area (Å²) in [6.45, 7) is 8.52. The molecule has 10 heteroatoms. The number of piperazine rings is 1. The predicted molar refractivity (Wildman–Crippen MR) is 159 cm³/mol. The van der Waals surface area contributed by atoms with Crippen LogP contribution in [0.1, 0.15) is 29.4 Å².